The lowest BCUT2D eigenvalue weighted by molar-refractivity contribution is 0.0600. The number of benzene rings is 3. The summed E-state index contributed by atoms with van der Waals surface area (Å²) in [5.74, 6) is -0.0419. The Morgan fingerprint density at radius 3 is 2.19 bits per heavy atom. The van der Waals surface area contributed by atoms with E-state index in [0.29, 0.717) is 29.2 Å². The zero-order valence-electron chi connectivity index (χ0n) is 14.8. The van der Waals surface area contributed by atoms with Crippen LogP contribution in [0.1, 0.15) is 26.3 Å². The van der Waals surface area contributed by atoms with Gasteiger partial charge in [-0.15, -0.1) is 0 Å². The van der Waals surface area contributed by atoms with Crippen LogP contribution in [0.5, 0.6) is 11.5 Å². The molecule has 5 heteroatoms. The number of rotatable bonds is 6. The molecule has 0 saturated carbocycles. The van der Waals surface area contributed by atoms with Crippen LogP contribution in [-0.4, -0.2) is 19.0 Å². The average molecular weight is 362 g/mol. The summed E-state index contributed by atoms with van der Waals surface area (Å²) in [7, 11) is 1.31. The highest BCUT2D eigenvalue weighted by molar-refractivity contribution is 5.92. The number of ether oxygens (including phenoxy) is 3. The van der Waals surface area contributed by atoms with Crippen LogP contribution in [0.4, 0.5) is 0 Å². The molecule has 0 unspecified atom stereocenters. The zero-order valence-corrected chi connectivity index (χ0v) is 14.8. The van der Waals surface area contributed by atoms with Gasteiger partial charge < -0.3 is 14.2 Å². The minimum absolute atomic E-state index is 0.336. The molecule has 0 fully saturated rings. The van der Waals surface area contributed by atoms with Crippen molar-refractivity contribution in [2.75, 3.05) is 7.11 Å². The van der Waals surface area contributed by atoms with Crippen LogP contribution in [0.3, 0.4) is 0 Å². The molecule has 0 aliphatic heterocycles. The Bertz CT molecular complexity index is 917. The van der Waals surface area contributed by atoms with Gasteiger partial charge in [-0.25, -0.2) is 9.59 Å². The summed E-state index contributed by atoms with van der Waals surface area (Å²) < 4.78 is 15.7. The minimum Gasteiger partial charge on any atom is -0.489 e. The normalized spacial score (nSPS) is 10.1. The fraction of sp³-hybridized carbons (Fsp3) is 0.0909. The summed E-state index contributed by atoms with van der Waals surface area (Å²) in [4.78, 5) is 23.8. The summed E-state index contributed by atoms with van der Waals surface area (Å²) >= 11 is 0. The molecule has 0 aliphatic rings. The van der Waals surface area contributed by atoms with Crippen LogP contribution in [-0.2, 0) is 11.3 Å². The fourth-order valence-electron chi connectivity index (χ4n) is 2.40. The summed E-state index contributed by atoms with van der Waals surface area (Å²) in [6, 6.07) is 22.7. The van der Waals surface area contributed by atoms with Gasteiger partial charge in [0.25, 0.3) is 0 Å². The van der Waals surface area contributed by atoms with Crippen LogP contribution in [0.2, 0.25) is 0 Å². The Morgan fingerprint density at radius 2 is 1.48 bits per heavy atom. The standard InChI is InChI=1S/C22H18O5/c1-25-21(23)17-10-12-19(13-11-17)27-22(24)18-8-5-9-20(14-18)26-15-16-6-3-2-4-7-16/h2-14H,15H2,1H3. The molecule has 136 valence electrons. The molecule has 0 saturated heterocycles. The number of carbonyl (C=O) groups excluding carboxylic acids is 2. The topological polar surface area (TPSA) is 61.8 Å². The van der Waals surface area contributed by atoms with Crippen molar-refractivity contribution < 1.29 is 23.8 Å². The maximum atomic E-state index is 12.3. The summed E-state index contributed by atoms with van der Waals surface area (Å²) in [5, 5.41) is 0. The molecule has 0 spiro atoms. The Balaban J connectivity index is 1.63. The van der Waals surface area contributed by atoms with Gasteiger partial charge in [-0.2, -0.15) is 0 Å². The van der Waals surface area contributed by atoms with E-state index in [2.05, 4.69) is 4.74 Å². The zero-order chi connectivity index (χ0) is 19.1. The quantitative estimate of drug-likeness (QED) is 0.484. The first-order valence-electron chi connectivity index (χ1n) is 8.33. The third kappa shape index (κ3) is 4.95. The molecule has 3 rings (SSSR count). The lowest BCUT2D eigenvalue weighted by Gasteiger charge is -2.09. The number of carbonyl (C=O) groups is 2. The van der Waals surface area contributed by atoms with Gasteiger partial charge in [0.15, 0.2) is 0 Å². The highest BCUT2D eigenvalue weighted by Gasteiger charge is 2.11. The molecular formula is C22H18O5. The molecule has 3 aromatic carbocycles. The Kier molecular flexibility index (Phi) is 5.84. The lowest BCUT2D eigenvalue weighted by Crippen LogP contribution is -2.09. The van der Waals surface area contributed by atoms with E-state index in [9.17, 15) is 9.59 Å². The van der Waals surface area contributed by atoms with Crippen molar-refractivity contribution in [3.05, 3.63) is 95.6 Å². The number of methoxy groups -OCH3 is 1. The SMILES string of the molecule is COC(=O)c1ccc(OC(=O)c2cccc(OCc3ccccc3)c2)cc1. The molecular weight excluding hydrogens is 344 g/mol. The smallest absolute Gasteiger partial charge is 0.343 e. The van der Waals surface area contributed by atoms with Crippen molar-refractivity contribution in [1.29, 1.82) is 0 Å². The maximum absolute atomic E-state index is 12.3. The summed E-state index contributed by atoms with van der Waals surface area (Å²) in [6.07, 6.45) is 0. The first-order chi connectivity index (χ1) is 13.2. The summed E-state index contributed by atoms with van der Waals surface area (Å²) in [5.41, 5.74) is 1.79. The van der Waals surface area contributed by atoms with E-state index < -0.39 is 11.9 Å². The van der Waals surface area contributed by atoms with Crippen molar-refractivity contribution >= 4 is 11.9 Å². The van der Waals surface area contributed by atoms with Gasteiger partial charge in [0.05, 0.1) is 18.2 Å². The van der Waals surface area contributed by atoms with Gasteiger partial charge >= 0.3 is 11.9 Å². The second-order valence-corrected chi connectivity index (χ2v) is 5.71. The molecule has 0 radical (unpaired) electrons. The van der Waals surface area contributed by atoms with Gasteiger partial charge in [0, 0.05) is 0 Å². The Labute approximate surface area is 157 Å². The van der Waals surface area contributed by atoms with Crippen LogP contribution in [0.15, 0.2) is 78.9 Å². The molecule has 3 aromatic rings. The molecule has 5 nitrogen and oxygen atoms in total. The molecule has 0 aromatic heterocycles. The van der Waals surface area contributed by atoms with Crippen molar-refractivity contribution in [3.63, 3.8) is 0 Å². The van der Waals surface area contributed by atoms with Crippen LogP contribution < -0.4 is 9.47 Å². The van der Waals surface area contributed by atoms with E-state index in [4.69, 9.17) is 9.47 Å². The van der Waals surface area contributed by atoms with E-state index in [1.165, 1.54) is 19.2 Å². The molecule has 0 N–H and O–H groups in total. The second-order valence-electron chi connectivity index (χ2n) is 5.71. The van der Waals surface area contributed by atoms with E-state index >= 15 is 0 Å². The molecule has 27 heavy (non-hydrogen) atoms. The van der Waals surface area contributed by atoms with E-state index in [0.717, 1.165) is 5.56 Å². The van der Waals surface area contributed by atoms with E-state index in [-0.39, 0.29) is 0 Å². The van der Waals surface area contributed by atoms with Crippen LogP contribution >= 0.6 is 0 Å². The monoisotopic (exact) mass is 362 g/mol. The van der Waals surface area contributed by atoms with Crippen LogP contribution in [0.25, 0.3) is 0 Å². The highest BCUT2D eigenvalue weighted by atomic mass is 16.5. The summed E-state index contributed by atoms with van der Waals surface area (Å²) in [6.45, 7) is 0.411. The van der Waals surface area contributed by atoms with E-state index in [1.807, 2.05) is 30.3 Å². The van der Waals surface area contributed by atoms with Gasteiger partial charge in [-0.3, -0.25) is 0 Å². The van der Waals surface area contributed by atoms with Crippen molar-refractivity contribution in [1.82, 2.24) is 0 Å². The largest absolute Gasteiger partial charge is 0.489 e. The predicted molar refractivity (Wildman–Crippen MR) is 100.0 cm³/mol. The fourth-order valence-corrected chi connectivity index (χ4v) is 2.40. The van der Waals surface area contributed by atoms with Crippen molar-refractivity contribution in [3.8, 4) is 11.5 Å². The van der Waals surface area contributed by atoms with Crippen LogP contribution in [0, 0.1) is 0 Å². The molecule has 0 heterocycles. The Morgan fingerprint density at radius 1 is 0.741 bits per heavy atom. The minimum atomic E-state index is -0.508. The third-order valence-corrected chi connectivity index (χ3v) is 3.80. The average Bonchev–Trinajstić information content (AvgIpc) is 2.73. The van der Waals surface area contributed by atoms with Gasteiger partial charge in [0.2, 0.25) is 0 Å². The number of hydrogen-bond acceptors (Lipinski definition) is 5. The Hall–Kier alpha value is -3.60. The number of hydrogen-bond donors (Lipinski definition) is 0. The highest BCUT2D eigenvalue weighted by Crippen LogP contribution is 2.18. The van der Waals surface area contributed by atoms with Crippen molar-refractivity contribution in [2.45, 2.75) is 6.61 Å². The van der Waals surface area contributed by atoms with Gasteiger partial charge in [-0.1, -0.05) is 36.4 Å². The molecule has 0 bridgehead atoms. The third-order valence-electron chi connectivity index (χ3n) is 3.80. The number of esters is 2. The predicted octanol–water partition coefficient (Wildman–Crippen LogP) is 4.27. The van der Waals surface area contributed by atoms with Crippen molar-refractivity contribution in [2.24, 2.45) is 0 Å². The first-order valence-corrected chi connectivity index (χ1v) is 8.33. The second kappa shape index (κ2) is 8.67. The molecule has 0 amide bonds. The van der Waals surface area contributed by atoms with Gasteiger partial charge in [-0.05, 0) is 48.0 Å². The maximum Gasteiger partial charge on any atom is 0.343 e. The lowest BCUT2D eigenvalue weighted by atomic mass is 10.2. The molecule has 0 aliphatic carbocycles. The van der Waals surface area contributed by atoms with E-state index in [1.54, 1.807) is 36.4 Å². The first kappa shape index (κ1) is 18.2. The van der Waals surface area contributed by atoms with Gasteiger partial charge in [0.1, 0.15) is 18.1 Å². The molecule has 0 atom stereocenters.